The highest BCUT2D eigenvalue weighted by Gasteiger charge is 2.04. The Labute approximate surface area is 127 Å². The smallest absolute Gasteiger partial charge is 0.244 e. The number of halogens is 2. The van der Waals surface area contributed by atoms with Crippen LogP contribution in [0, 0.1) is 5.82 Å². The number of nitrogens with one attached hydrogen (secondary N) is 1. The van der Waals surface area contributed by atoms with Crippen LogP contribution in [0.5, 0.6) is 0 Å². The molecular formula is C16H14ClFN2O. The molecule has 0 atom stereocenters. The molecule has 0 spiro atoms. The molecule has 0 bridgehead atoms. The molecule has 0 saturated carbocycles. The molecule has 5 heteroatoms. The van der Waals surface area contributed by atoms with Gasteiger partial charge in [-0.25, -0.2) is 9.82 Å². The molecule has 1 amide bonds. The molecule has 0 saturated heterocycles. The van der Waals surface area contributed by atoms with Crippen LogP contribution in [0.15, 0.2) is 53.6 Å². The van der Waals surface area contributed by atoms with Crippen LogP contribution in [-0.4, -0.2) is 11.6 Å². The largest absolute Gasteiger partial charge is 0.273 e. The van der Waals surface area contributed by atoms with Crippen LogP contribution in [0.1, 0.15) is 18.1 Å². The molecule has 1 N–H and O–H groups in total. The maximum absolute atomic E-state index is 12.8. The third kappa shape index (κ3) is 4.68. The summed E-state index contributed by atoms with van der Waals surface area (Å²) in [6.07, 6.45) is 0.145. The molecule has 0 aliphatic heterocycles. The maximum Gasteiger partial charge on any atom is 0.244 e. The lowest BCUT2D eigenvalue weighted by Crippen LogP contribution is -2.21. The van der Waals surface area contributed by atoms with E-state index in [0.717, 1.165) is 11.1 Å². The summed E-state index contributed by atoms with van der Waals surface area (Å²) in [6.45, 7) is 1.78. The van der Waals surface area contributed by atoms with Crippen molar-refractivity contribution in [3.63, 3.8) is 0 Å². The summed E-state index contributed by atoms with van der Waals surface area (Å²) in [4.78, 5) is 11.8. The maximum atomic E-state index is 12.8. The Hall–Kier alpha value is -2.20. The van der Waals surface area contributed by atoms with Gasteiger partial charge in [-0.2, -0.15) is 5.10 Å². The van der Waals surface area contributed by atoms with E-state index in [1.165, 1.54) is 12.1 Å². The second-order valence-corrected chi connectivity index (χ2v) is 4.98. The summed E-state index contributed by atoms with van der Waals surface area (Å²) in [5, 5.41) is 4.64. The fourth-order valence-electron chi connectivity index (χ4n) is 1.75. The van der Waals surface area contributed by atoms with Gasteiger partial charge in [0.2, 0.25) is 5.91 Å². The van der Waals surface area contributed by atoms with Crippen LogP contribution in [0.3, 0.4) is 0 Å². The summed E-state index contributed by atoms with van der Waals surface area (Å²) in [6, 6.07) is 13.0. The zero-order chi connectivity index (χ0) is 15.2. The number of nitrogens with zero attached hydrogens (tertiary/aromatic N) is 1. The van der Waals surface area contributed by atoms with Gasteiger partial charge in [-0.1, -0.05) is 35.9 Å². The van der Waals surface area contributed by atoms with Crippen molar-refractivity contribution in [2.24, 2.45) is 5.10 Å². The number of benzene rings is 2. The van der Waals surface area contributed by atoms with Gasteiger partial charge in [0.1, 0.15) is 5.82 Å². The number of carbonyl (C=O) groups excluding carboxylic acids is 1. The molecule has 0 unspecified atom stereocenters. The Balaban J connectivity index is 1.96. The summed E-state index contributed by atoms with van der Waals surface area (Å²) in [5.41, 5.74) is 4.70. The predicted octanol–water partition coefficient (Wildman–Crippen LogP) is 3.56. The molecule has 0 aliphatic rings. The minimum Gasteiger partial charge on any atom is -0.273 e. The summed E-state index contributed by atoms with van der Waals surface area (Å²) >= 11 is 5.90. The fraction of sp³-hybridized carbons (Fsp3) is 0.125. The van der Waals surface area contributed by atoms with Crippen molar-refractivity contribution in [3.8, 4) is 0 Å². The van der Waals surface area contributed by atoms with Gasteiger partial charge in [0.15, 0.2) is 0 Å². The SMILES string of the molecule is C/C(=N/NC(=O)Cc1ccc(F)cc1)c1cccc(Cl)c1. The second-order valence-electron chi connectivity index (χ2n) is 4.55. The average Bonchev–Trinajstić information content (AvgIpc) is 2.47. The van der Waals surface area contributed by atoms with Gasteiger partial charge in [-0.15, -0.1) is 0 Å². The number of hydrogen-bond donors (Lipinski definition) is 1. The van der Waals surface area contributed by atoms with E-state index < -0.39 is 0 Å². The third-order valence-electron chi connectivity index (χ3n) is 2.87. The van der Waals surface area contributed by atoms with Crippen LogP contribution in [0.2, 0.25) is 5.02 Å². The van der Waals surface area contributed by atoms with Crippen molar-refractivity contribution in [1.29, 1.82) is 0 Å². The van der Waals surface area contributed by atoms with E-state index in [0.29, 0.717) is 10.7 Å². The normalized spacial score (nSPS) is 11.3. The molecule has 2 rings (SSSR count). The minimum atomic E-state index is -0.325. The lowest BCUT2D eigenvalue weighted by Gasteiger charge is -2.04. The van der Waals surface area contributed by atoms with Crippen LogP contribution in [-0.2, 0) is 11.2 Å². The first-order chi connectivity index (χ1) is 10.0. The van der Waals surface area contributed by atoms with E-state index in [2.05, 4.69) is 10.5 Å². The van der Waals surface area contributed by atoms with Crippen molar-refractivity contribution in [2.75, 3.05) is 0 Å². The number of hydrazone groups is 1. The standard InChI is InChI=1S/C16H14ClFN2O/c1-11(13-3-2-4-14(17)10-13)19-20-16(21)9-12-5-7-15(18)8-6-12/h2-8,10H,9H2,1H3,(H,20,21)/b19-11-. The van der Waals surface area contributed by atoms with Crippen LogP contribution in [0.4, 0.5) is 4.39 Å². The van der Waals surface area contributed by atoms with Gasteiger partial charge < -0.3 is 0 Å². The molecule has 21 heavy (non-hydrogen) atoms. The van der Waals surface area contributed by atoms with E-state index >= 15 is 0 Å². The zero-order valence-electron chi connectivity index (χ0n) is 11.4. The van der Waals surface area contributed by atoms with Crippen LogP contribution < -0.4 is 5.43 Å². The molecule has 0 radical (unpaired) electrons. The molecule has 0 aliphatic carbocycles. The van der Waals surface area contributed by atoms with Gasteiger partial charge in [-0.05, 0) is 42.3 Å². The number of hydrogen-bond acceptors (Lipinski definition) is 2. The van der Waals surface area contributed by atoms with Gasteiger partial charge in [0, 0.05) is 5.02 Å². The number of carbonyl (C=O) groups is 1. The quantitative estimate of drug-likeness (QED) is 0.681. The van der Waals surface area contributed by atoms with Crippen molar-refractivity contribution >= 4 is 23.2 Å². The lowest BCUT2D eigenvalue weighted by molar-refractivity contribution is -0.120. The highest BCUT2D eigenvalue weighted by molar-refractivity contribution is 6.31. The average molecular weight is 305 g/mol. The first-order valence-electron chi connectivity index (χ1n) is 6.38. The van der Waals surface area contributed by atoms with Gasteiger partial charge in [0.25, 0.3) is 0 Å². The molecule has 2 aromatic carbocycles. The van der Waals surface area contributed by atoms with Crippen LogP contribution in [0.25, 0.3) is 0 Å². The molecule has 0 fully saturated rings. The van der Waals surface area contributed by atoms with E-state index in [9.17, 15) is 9.18 Å². The van der Waals surface area contributed by atoms with E-state index in [-0.39, 0.29) is 18.1 Å². The van der Waals surface area contributed by atoms with E-state index in [1.807, 2.05) is 12.1 Å². The molecule has 108 valence electrons. The van der Waals surface area contributed by atoms with E-state index in [1.54, 1.807) is 31.2 Å². The van der Waals surface area contributed by atoms with Crippen molar-refractivity contribution in [2.45, 2.75) is 13.3 Å². The van der Waals surface area contributed by atoms with Crippen molar-refractivity contribution in [3.05, 3.63) is 70.5 Å². The topological polar surface area (TPSA) is 41.5 Å². The Bertz CT molecular complexity index is 668. The Kier molecular flexibility index (Phi) is 5.06. The molecule has 0 aromatic heterocycles. The van der Waals surface area contributed by atoms with Crippen molar-refractivity contribution < 1.29 is 9.18 Å². The molecule has 3 nitrogen and oxygen atoms in total. The predicted molar refractivity (Wildman–Crippen MR) is 81.9 cm³/mol. The first kappa shape index (κ1) is 15.2. The number of rotatable bonds is 4. The highest BCUT2D eigenvalue weighted by Crippen LogP contribution is 2.11. The molecule has 0 heterocycles. The number of amides is 1. The Morgan fingerprint density at radius 1 is 1.24 bits per heavy atom. The Morgan fingerprint density at radius 3 is 2.62 bits per heavy atom. The monoisotopic (exact) mass is 304 g/mol. The third-order valence-corrected chi connectivity index (χ3v) is 3.10. The molecule has 2 aromatic rings. The fourth-order valence-corrected chi connectivity index (χ4v) is 1.94. The lowest BCUT2D eigenvalue weighted by atomic mass is 10.1. The summed E-state index contributed by atoms with van der Waals surface area (Å²) in [7, 11) is 0. The van der Waals surface area contributed by atoms with Crippen molar-refractivity contribution in [1.82, 2.24) is 5.43 Å². The zero-order valence-corrected chi connectivity index (χ0v) is 12.2. The Morgan fingerprint density at radius 2 is 1.95 bits per heavy atom. The van der Waals surface area contributed by atoms with Gasteiger partial charge >= 0.3 is 0 Å². The molecular weight excluding hydrogens is 291 g/mol. The first-order valence-corrected chi connectivity index (χ1v) is 6.76. The summed E-state index contributed by atoms with van der Waals surface area (Å²) < 4.78 is 12.8. The highest BCUT2D eigenvalue weighted by atomic mass is 35.5. The van der Waals surface area contributed by atoms with Gasteiger partial charge in [0.05, 0.1) is 12.1 Å². The second kappa shape index (κ2) is 6.99. The van der Waals surface area contributed by atoms with Gasteiger partial charge in [-0.3, -0.25) is 4.79 Å². The summed E-state index contributed by atoms with van der Waals surface area (Å²) in [5.74, 6) is -0.586. The van der Waals surface area contributed by atoms with E-state index in [4.69, 9.17) is 11.6 Å². The van der Waals surface area contributed by atoms with Crippen LogP contribution >= 0.6 is 11.6 Å². The minimum absolute atomic E-state index is 0.145.